The fourth-order valence-electron chi connectivity index (χ4n) is 2.13. The van der Waals surface area contributed by atoms with Gasteiger partial charge in [-0.25, -0.2) is 0 Å². The Balaban J connectivity index is 2.05. The first kappa shape index (κ1) is 12.1. The van der Waals surface area contributed by atoms with Crippen LogP contribution in [0.5, 0.6) is 0 Å². The van der Waals surface area contributed by atoms with E-state index in [1.54, 1.807) is 16.4 Å². The van der Waals surface area contributed by atoms with Crippen molar-refractivity contribution in [2.45, 2.75) is 17.1 Å². The molecule has 1 atom stereocenters. The first-order valence-corrected chi connectivity index (χ1v) is 6.84. The van der Waals surface area contributed by atoms with Crippen molar-refractivity contribution in [3.05, 3.63) is 24.3 Å². The first-order valence-electron chi connectivity index (χ1n) is 5.96. The quantitative estimate of drug-likeness (QED) is 0.835. The van der Waals surface area contributed by atoms with Crippen molar-refractivity contribution < 1.29 is 4.79 Å². The van der Waals surface area contributed by atoms with E-state index >= 15 is 0 Å². The number of benzene rings is 1. The number of thioether (sulfide) groups is 1. The zero-order valence-corrected chi connectivity index (χ0v) is 11.5. The number of nitrogens with zero attached hydrogens (tertiary/aromatic N) is 2. The largest absolute Gasteiger partial charge is 0.382 e. The molecule has 0 radical (unpaired) electrons. The molecule has 0 saturated carbocycles. The van der Waals surface area contributed by atoms with E-state index in [2.05, 4.69) is 10.4 Å². The van der Waals surface area contributed by atoms with Crippen LogP contribution < -0.4 is 11.1 Å². The van der Waals surface area contributed by atoms with E-state index in [9.17, 15) is 4.79 Å². The maximum atomic E-state index is 11.7. The molecule has 0 aliphatic carbocycles. The van der Waals surface area contributed by atoms with Gasteiger partial charge in [-0.15, -0.1) is 11.8 Å². The third-order valence-corrected chi connectivity index (χ3v) is 4.28. The number of carbonyl (C=O) groups excluding carboxylic acids is 1. The maximum Gasteiger partial charge on any atom is 0.237 e. The van der Waals surface area contributed by atoms with Gasteiger partial charge < -0.3 is 11.1 Å². The van der Waals surface area contributed by atoms with Crippen LogP contribution in [0.1, 0.15) is 6.92 Å². The summed E-state index contributed by atoms with van der Waals surface area (Å²) < 4.78 is 1.73. The molecule has 1 aliphatic heterocycles. The minimum atomic E-state index is -0.0503. The first-order chi connectivity index (χ1) is 9.04. The number of fused-ring (bicyclic) bond motifs is 1. The topological polar surface area (TPSA) is 72.9 Å². The number of carbonyl (C=O) groups is 1. The van der Waals surface area contributed by atoms with Gasteiger partial charge in [0.25, 0.3) is 0 Å². The summed E-state index contributed by atoms with van der Waals surface area (Å²) in [5.74, 6) is 0.529. The average Bonchev–Trinajstić information content (AvgIpc) is 2.69. The van der Waals surface area contributed by atoms with Crippen molar-refractivity contribution in [1.29, 1.82) is 0 Å². The predicted octanol–water partition coefficient (Wildman–Crippen LogP) is 2.10. The Kier molecular flexibility index (Phi) is 2.74. The van der Waals surface area contributed by atoms with Crippen molar-refractivity contribution in [3.63, 3.8) is 0 Å². The van der Waals surface area contributed by atoms with Gasteiger partial charge in [-0.3, -0.25) is 9.48 Å². The molecule has 2 aromatic rings. The lowest BCUT2D eigenvalue weighted by Gasteiger charge is -2.21. The average molecular weight is 274 g/mol. The van der Waals surface area contributed by atoms with Crippen molar-refractivity contribution in [3.8, 4) is 11.3 Å². The van der Waals surface area contributed by atoms with Crippen molar-refractivity contribution in [2.75, 3.05) is 11.1 Å². The van der Waals surface area contributed by atoms with Gasteiger partial charge in [0.05, 0.1) is 16.6 Å². The molecule has 0 bridgehead atoms. The number of nitrogen functional groups attached to an aromatic ring is 1. The van der Waals surface area contributed by atoms with Crippen LogP contribution in [-0.4, -0.2) is 20.9 Å². The summed E-state index contributed by atoms with van der Waals surface area (Å²) in [5, 5.41) is 7.00. The molecule has 3 rings (SSSR count). The molecule has 1 unspecified atom stereocenters. The van der Waals surface area contributed by atoms with Gasteiger partial charge in [0, 0.05) is 23.6 Å². The van der Waals surface area contributed by atoms with Gasteiger partial charge in [-0.05, 0) is 19.1 Å². The van der Waals surface area contributed by atoms with Crippen LogP contribution in [0.15, 0.2) is 29.2 Å². The summed E-state index contributed by atoms with van der Waals surface area (Å²) >= 11 is 1.57. The molecule has 1 aliphatic rings. The number of nitrogens with one attached hydrogen (secondary N) is 1. The van der Waals surface area contributed by atoms with E-state index in [1.165, 1.54) is 0 Å². The van der Waals surface area contributed by atoms with Gasteiger partial charge in [-0.1, -0.05) is 6.07 Å². The Labute approximate surface area is 115 Å². The zero-order chi connectivity index (χ0) is 13.6. The number of amides is 1. The lowest BCUT2D eigenvalue weighted by molar-refractivity contribution is -0.115. The number of hydrogen-bond acceptors (Lipinski definition) is 4. The molecule has 0 fully saturated rings. The fourth-order valence-corrected chi connectivity index (χ4v) is 3.06. The Morgan fingerprint density at radius 3 is 2.89 bits per heavy atom. The van der Waals surface area contributed by atoms with E-state index in [-0.39, 0.29) is 11.2 Å². The second-order valence-electron chi connectivity index (χ2n) is 4.54. The zero-order valence-electron chi connectivity index (χ0n) is 10.7. The number of nitrogens with two attached hydrogens (primary N) is 1. The maximum absolute atomic E-state index is 11.7. The Bertz CT molecular complexity index is 665. The third kappa shape index (κ3) is 2.08. The summed E-state index contributed by atoms with van der Waals surface area (Å²) in [7, 11) is 1.85. The summed E-state index contributed by atoms with van der Waals surface area (Å²) in [6.45, 7) is 1.90. The summed E-state index contributed by atoms with van der Waals surface area (Å²) in [5.41, 5.74) is 8.46. The molecule has 6 heteroatoms. The highest BCUT2D eigenvalue weighted by Crippen LogP contribution is 2.38. The molecular weight excluding hydrogens is 260 g/mol. The molecular formula is C13H14N4OS. The molecule has 1 aromatic heterocycles. The standard InChI is InChI=1S/C13H14N4OS/c1-7-13(18)15-9-5-8(3-4-11(9)19-7)10-6-12(14)16-17(10)2/h3-7H,1-2H3,(H2,14,16)(H,15,18). The minimum Gasteiger partial charge on any atom is -0.382 e. The third-order valence-electron chi connectivity index (χ3n) is 3.10. The summed E-state index contributed by atoms with van der Waals surface area (Å²) in [6.07, 6.45) is 0. The highest BCUT2D eigenvalue weighted by atomic mass is 32.2. The van der Waals surface area contributed by atoms with Crippen molar-refractivity contribution >= 4 is 29.2 Å². The van der Waals surface area contributed by atoms with Gasteiger partial charge in [0.15, 0.2) is 0 Å². The SMILES string of the molecule is CC1Sc2ccc(-c3cc(N)nn3C)cc2NC1=O. The molecule has 0 saturated heterocycles. The van der Waals surface area contributed by atoms with E-state index in [4.69, 9.17) is 5.73 Å². The number of aryl methyl sites for hydroxylation is 1. The smallest absolute Gasteiger partial charge is 0.237 e. The van der Waals surface area contributed by atoms with Gasteiger partial charge in [0.2, 0.25) is 5.91 Å². The second kappa shape index (κ2) is 4.31. The van der Waals surface area contributed by atoms with Crippen LogP contribution in [0.25, 0.3) is 11.3 Å². The van der Waals surface area contributed by atoms with E-state index < -0.39 is 0 Å². The second-order valence-corrected chi connectivity index (χ2v) is 5.92. The molecule has 3 N–H and O–H groups in total. The monoisotopic (exact) mass is 274 g/mol. The highest BCUT2D eigenvalue weighted by molar-refractivity contribution is 8.00. The van der Waals surface area contributed by atoms with Crippen LogP contribution in [0.4, 0.5) is 11.5 Å². The Hall–Kier alpha value is -1.95. The van der Waals surface area contributed by atoms with Crippen LogP contribution in [0.2, 0.25) is 0 Å². The van der Waals surface area contributed by atoms with E-state index in [0.717, 1.165) is 21.8 Å². The molecule has 0 spiro atoms. The van der Waals surface area contributed by atoms with Crippen LogP contribution in [0.3, 0.4) is 0 Å². The molecule has 98 valence electrons. The molecule has 1 aromatic carbocycles. The number of rotatable bonds is 1. The highest BCUT2D eigenvalue weighted by Gasteiger charge is 2.23. The van der Waals surface area contributed by atoms with Crippen molar-refractivity contribution in [2.24, 2.45) is 7.05 Å². The Morgan fingerprint density at radius 2 is 2.21 bits per heavy atom. The van der Waals surface area contributed by atoms with Gasteiger partial charge in [-0.2, -0.15) is 5.10 Å². The van der Waals surface area contributed by atoms with Gasteiger partial charge >= 0.3 is 0 Å². The van der Waals surface area contributed by atoms with Crippen molar-refractivity contribution in [1.82, 2.24) is 9.78 Å². The molecule has 1 amide bonds. The Morgan fingerprint density at radius 1 is 1.42 bits per heavy atom. The van der Waals surface area contributed by atoms with Crippen LogP contribution in [0, 0.1) is 0 Å². The number of aromatic nitrogens is 2. The number of anilines is 2. The summed E-state index contributed by atoms with van der Waals surface area (Å²) in [6, 6.07) is 7.83. The number of hydrogen-bond donors (Lipinski definition) is 2. The molecule has 19 heavy (non-hydrogen) atoms. The summed E-state index contributed by atoms with van der Waals surface area (Å²) in [4.78, 5) is 12.8. The normalized spacial score (nSPS) is 18.0. The minimum absolute atomic E-state index is 0.0409. The lowest BCUT2D eigenvalue weighted by Crippen LogP contribution is -2.26. The predicted molar refractivity (Wildman–Crippen MR) is 77.0 cm³/mol. The van der Waals surface area contributed by atoms with Crippen LogP contribution >= 0.6 is 11.8 Å². The fraction of sp³-hybridized carbons (Fsp3) is 0.231. The molecule has 5 nitrogen and oxygen atoms in total. The van der Waals surface area contributed by atoms with Gasteiger partial charge in [0.1, 0.15) is 5.82 Å². The van der Waals surface area contributed by atoms with E-state index in [1.807, 2.05) is 38.2 Å². The van der Waals surface area contributed by atoms with Crippen LogP contribution in [-0.2, 0) is 11.8 Å². The lowest BCUT2D eigenvalue weighted by atomic mass is 10.1. The van der Waals surface area contributed by atoms with E-state index in [0.29, 0.717) is 5.82 Å². The molecule has 2 heterocycles.